The van der Waals surface area contributed by atoms with Gasteiger partial charge in [-0.25, -0.2) is 0 Å². The minimum absolute atomic E-state index is 0.0164. The first-order chi connectivity index (χ1) is 5.88. The Morgan fingerprint density at radius 1 is 1.31 bits per heavy atom. The molecule has 0 saturated carbocycles. The van der Waals surface area contributed by atoms with Gasteiger partial charge in [-0.15, -0.1) is 13.2 Å². The molecule has 0 aliphatic carbocycles. The van der Waals surface area contributed by atoms with Crippen LogP contribution in [0, 0.1) is 6.92 Å². The molecular formula is C8H8F3NO. The van der Waals surface area contributed by atoms with Crippen molar-refractivity contribution in [3.8, 4) is 5.75 Å². The molecule has 0 fully saturated rings. The highest BCUT2D eigenvalue weighted by atomic mass is 19.4. The van der Waals surface area contributed by atoms with E-state index < -0.39 is 6.36 Å². The second-order valence-electron chi connectivity index (χ2n) is 2.59. The summed E-state index contributed by atoms with van der Waals surface area (Å²) in [7, 11) is 0. The Morgan fingerprint density at radius 2 is 1.92 bits per heavy atom. The first-order valence-corrected chi connectivity index (χ1v) is 3.50. The highest BCUT2D eigenvalue weighted by Gasteiger charge is 2.31. The molecule has 1 rings (SSSR count). The van der Waals surface area contributed by atoms with E-state index in [2.05, 4.69) is 4.74 Å². The molecule has 5 heteroatoms. The molecule has 0 spiro atoms. The fourth-order valence-electron chi connectivity index (χ4n) is 0.886. The van der Waals surface area contributed by atoms with Gasteiger partial charge >= 0.3 is 6.36 Å². The number of anilines is 1. The van der Waals surface area contributed by atoms with Crippen LogP contribution in [0.2, 0.25) is 0 Å². The van der Waals surface area contributed by atoms with E-state index in [1.165, 1.54) is 18.2 Å². The summed E-state index contributed by atoms with van der Waals surface area (Å²) in [5, 5.41) is 0. The number of aryl methyl sites for hydroxylation is 1. The zero-order valence-corrected chi connectivity index (χ0v) is 6.85. The van der Waals surface area contributed by atoms with Crippen LogP contribution in [0.5, 0.6) is 5.75 Å². The number of hydrogen-bond donors (Lipinski definition) is 1. The van der Waals surface area contributed by atoms with Gasteiger partial charge in [0, 0.05) is 0 Å². The standard InChI is InChI=1S/C8H8F3NO/c1-5-2-3-7(6(12)4-5)13-8(9,10)11/h2-4H,12H2,1H3. The predicted molar refractivity (Wildman–Crippen MR) is 42.3 cm³/mol. The van der Waals surface area contributed by atoms with Gasteiger partial charge in [0.2, 0.25) is 0 Å². The summed E-state index contributed by atoms with van der Waals surface area (Å²) in [5.74, 6) is -0.363. The fourth-order valence-corrected chi connectivity index (χ4v) is 0.886. The van der Waals surface area contributed by atoms with Gasteiger partial charge in [0.15, 0.2) is 5.75 Å². The average molecular weight is 191 g/mol. The Labute approximate surface area is 73.1 Å². The number of ether oxygens (including phenoxy) is 1. The van der Waals surface area contributed by atoms with Crippen molar-refractivity contribution >= 4 is 5.69 Å². The number of halogens is 3. The molecule has 0 unspecified atom stereocenters. The number of hydrogen-bond acceptors (Lipinski definition) is 2. The lowest BCUT2D eigenvalue weighted by molar-refractivity contribution is -0.274. The lowest BCUT2D eigenvalue weighted by Crippen LogP contribution is -2.17. The van der Waals surface area contributed by atoms with Crippen LogP contribution >= 0.6 is 0 Å². The summed E-state index contributed by atoms with van der Waals surface area (Å²) < 4.78 is 38.9. The Balaban J connectivity index is 2.90. The Hall–Kier alpha value is -1.39. The third-order valence-corrected chi connectivity index (χ3v) is 1.39. The number of benzene rings is 1. The fraction of sp³-hybridized carbons (Fsp3) is 0.250. The Morgan fingerprint density at radius 3 is 2.38 bits per heavy atom. The summed E-state index contributed by atoms with van der Waals surface area (Å²) in [4.78, 5) is 0. The van der Waals surface area contributed by atoms with Crippen LogP contribution < -0.4 is 10.5 Å². The van der Waals surface area contributed by atoms with E-state index in [0.29, 0.717) is 0 Å². The molecule has 0 aromatic heterocycles. The lowest BCUT2D eigenvalue weighted by atomic mass is 10.2. The average Bonchev–Trinajstić information content (AvgIpc) is 1.93. The minimum atomic E-state index is -4.69. The molecule has 0 heterocycles. The highest BCUT2D eigenvalue weighted by molar-refractivity contribution is 5.54. The third kappa shape index (κ3) is 2.85. The van der Waals surface area contributed by atoms with Crippen molar-refractivity contribution in [1.82, 2.24) is 0 Å². The summed E-state index contributed by atoms with van der Waals surface area (Å²) in [6.45, 7) is 1.73. The van der Waals surface area contributed by atoms with Crippen LogP contribution in [0.3, 0.4) is 0 Å². The normalized spacial score (nSPS) is 11.4. The molecule has 0 saturated heterocycles. The smallest absolute Gasteiger partial charge is 0.404 e. The molecule has 2 nitrogen and oxygen atoms in total. The summed E-state index contributed by atoms with van der Waals surface area (Å²) in [6.07, 6.45) is -4.69. The van der Waals surface area contributed by atoms with Crippen molar-refractivity contribution in [2.75, 3.05) is 5.73 Å². The van der Waals surface area contributed by atoms with Crippen molar-refractivity contribution in [1.29, 1.82) is 0 Å². The van der Waals surface area contributed by atoms with Crippen LogP contribution in [0.4, 0.5) is 18.9 Å². The summed E-state index contributed by atoms with van der Waals surface area (Å²) in [6, 6.07) is 4.11. The molecule has 0 amide bonds. The maximum atomic E-state index is 11.7. The molecule has 0 aliphatic rings. The van der Waals surface area contributed by atoms with Crippen LogP contribution in [-0.2, 0) is 0 Å². The molecule has 1 aromatic rings. The minimum Gasteiger partial charge on any atom is -0.404 e. The van der Waals surface area contributed by atoms with Crippen molar-refractivity contribution < 1.29 is 17.9 Å². The first kappa shape index (κ1) is 9.70. The molecule has 2 N–H and O–H groups in total. The third-order valence-electron chi connectivity index (χ3n) is 1.39. The Kier molecular flexibility index (Phi) is 2.36. The molecule has 0 bridgehead atoms. The predicted octanol–water partition coefficient (Wildman–Crippen LogP) is 2.48. The topological polar surface area (TPSA) is 35.2 Å². The largest absolute Gasteiger partial charge is 0.573 e. The number of nitrogen functional groups attached to an aromatic ring is 1. The van der Waals surface area contributed by atoms with Gasteiger partial charge in [0.05, 0.1) is 5.69 Å². The van der Waals surface area contributed by atoms with E-state index in [0.717, 1.165) is 5.56 Å². The molecule has 13 heavy (non-hydrogen) atoms. The van der Waals surface area contributed by atoms with E-state index in [9.17, 15) is 13.2 Å². The van der Waals surface area contributed by atoms with Crippen molar-refractivity contribution in [3.63, 3.8) is 0 Å². The van der Waals surface area contributed by atoms with Gasteiger partial charge in [-0.1, -0.05) is 6.07 Å². The summed E-state index contributed by atoms with van der Waals surface area (Å²) in [5.41, 5.74) is 6.07. The van der Waals surface area contributed by atoms with Crippen LogP contribution in [0.1, 0.15) is 5.56 Å². The SMILES string of the molecule is Cc1ccc(OC(F)(F)F)c(N)c1. The molecule has 1 aromatic carbocycles. The molecule has 0 atom stereocenters. The molecule has 72 valence electrons. The molecule has 0 aliphatic heterocycles. The van der Waals surface area contributed by atoms with Gasteiger partial charge in [-0.2, -0.15) is 0 Å². The summed E-state index contributed by atoms with van der Waals surface area (Å²) >= 11 is 0. The lowest BCUT2D eigenvalue weighted by Gasteiger charge is -2.10. The maximum Gasteiger partial charge on any atom is 0.573 e. The first-order valence-electron chi connectivity index (χ1n) is 3.50. The van der Waals surface area contributed by atoms with Crippen molar-refractivity contribution in [2.24, 2.45) is 0 Å². The van der Waals surface area contributed by atoms with Crippen molar-refractivity contribution in [3.05, 3.63) is 23.8 Å². The van der Waals surface area contributed by atoms with E-state index in [1.807, 2.05) is 0 Å². The van der Waals surface area contributed by atoms with Gasteiger partial charge < -0.3 is 10.5 Å². The Bertz CT molecular complexity index is 309. The van der Waals surface area contributed by atoms with Gasteiger partial charge in [-0.3, -0.25) is 0 Å². The second-order valence-corrected chi connectivity index (χ2v) is 2.59. The van der Waals surface area contributed by atoms with E-state index >= 15 is 0 Å². The zero-order valence-electron chi connectivity index (χ0n) is 6.85. The number of nitrogens with two attached hydrogens (primary N) is 1. The van der Waals surface area contributed by atoms with E-state index in [4.69, 9.17) is 5.73 Å². The van der Waals surface area contributed by atoms with Crippen molar-refractivity contribution in [2.45, 2.75) is 13.3 Å². The van der Waals surface area contributed by atoms with Gasteiger partial charge in [0.1, 0.15) is 0 Å². The maximum absolute atomic E-state index is 11.7. The highest BCUT2D eigenvalue weighted by Crippen LogP contribution is 2.28. The van der Waals surface area contributed by atoms with E-state index in [1.54, 1.807) is 6.92 Å². The van der Waals surface area contributed by atoms with Crippen LogP contribution in [0.15, 0.2) is 18.2 Å². The van der Waals surface area contributed by atoms with Gasteiger partial charge in [0.25, 0.3) is 0 Å². The second kappa shape index (κ2) is 3.16. The number of rotatable bonds is 1. The molecule has 0 radical (unpaired) electrons. The monoisotopic (exact) mass is 191 g/mol. The number of alkyl halides is 3. The van der Waals surface area contributed by atoms with Gasteiger partial charge in [-0.05, 0) is 24.6 Å². The zero-order chi connectivity index (χ0) is 10.1. The quantitative estimate of drug-likeness (QED) is 0.692. The van der Waals surface area contributed by atoms with Crippen LogP contribution in [0.25, 0.3) is 0 Å². The molecular weight excluding hydrogens is 183 g/mol. The van der Waals surface area contributed by atoms with Crippen LogP contribution in [-0.4, -0.2) is 6.36 Å². The van der Waals surface area contributed by atoms with E-state index in [-0.39, 0.29) is 11.4 Å².